The molecule has 5 nitrogen and oxygen atoms in total. The quantitative estimate of drug-likeness (QED) is 0.647. The van der Waals surface area contributed by atoms with Crippen molar-refractivity contribution < 1.29 is 13.2 Å². The average molecular weight is 318 g/mol. The highest BCUT2D eigenvalue weighted by molar-refractivity contribution is 7.91. The first kappa shape index (κ1) is 18.4. The van der Waals surface area contributed by atoms with Crippen LogP contribution in [0.2, 0.25) is 0 Å². The fourth-order valence-corrected chi connectivity index (χ4v) is 4.72. The molecule has 21 heavy (non-hydrogen) atoms. The summed E-state index contributed by atoms with van der Waals surface area (Å²) < 4.78 is 23.2. The zero-order valence-electron chi connectivity index (χ0n) is 13.7. The maximum atomic E-state index is 12.3. The summed E-state index contributed by atoms with van der Waals surface area (Å²) in [6, 6.07) is 0.0959. The van der Waals surface area contributed by atoms with Crippen molar-refractivity contribution in [2.45, 2.75) is 52.5 Å². The SMILES string of the molecule is CCCN(CCC)C(=O)CCN(CC)C1CCS(=O)(=O)C1. The third-order valence-electron chi connectivity index (χ3n) is 4.08. The van der Waals surface area contributed by atoms with E-state index in [0.29, 0.717) is 25.1 Å². The fourth-order valence-electron chi connectivity index (χ4n) is 2.96. The highest BCUT2D eigenvalue weighted by Gasteiger charge is 2.31. The van der Waals surface area contributed by atoms with Crippen LogP contribution in [0, 0.1) is 0 Å². The molecule has 1 saturated heterocycles. The molecule has 1 aliphatic heterocycles. The molecule has 1 amide bonds. The Kier molecular flexibility index (Phi) is 7.66. The number of rotatable bonds is 9. The van der Waals surface area contributed by atoms with Gasteiger partial charge in [0.05, 0.1) is 11.5 Å². The Hall–Kier alpha value is -0.620. The van der Waals surface area contributed by atoms with Gasteiger partial charge in [-0.15, -0.1) is 0 Å². The lowest BCUT2D eigenvalue weighted by Gasteiger charge is -2.28. The lowest BCUT2D eigenvalue weighted by atomic mass is 10.2. The molecule has 1 aliphatic rings. The van der Waals surface area contributed by atoms with E-state index < -0.39 is 9.84 Å². The normalized spacial score (nSPS) is 20.9. The van der Waals surface area contributed by atoms with Gasteiger partial charge in [-0.1, -0.05) is 20.8 Å². The van der Waals surface area contributed by atoms with E-state index in [0.717, 1.165) is 32.5 Å². The second-order valence-corrected chi connectivity index (χ2v) is 8.04. The molecule has 1 rings (SSSR count). The lowest BCUT2D eigenvalue weighted by molar-refractivity contribution is -0.131. The van der Waals surface area contributed by atoms with Crippen LogP contribution in [0.25, 0.3) is 0 Å². The van der Waals surface area contributed by atoms with Gasteiger partial charge in [-0.25, -0.2) is 8.42 Å². The highest BCUT2D eigenvalue weighted by Crippen LogP contribution is 2.18. The Morgan fingerprint density at radius 3 is 2.14 bits per heavy atom. The van der Waals surface area contributed by atoms with Crippen molar-refractivity contribution >= 4 is 15.7 Å². The summed E-state index contributed by atoms with van der Waals surface area (Å²) in [5, 5.41) is 0. The van der Waals surface area contributed by atoms with Crippen LogP contribution in [0.15, 0.2) is 0 Å². The zero-order valence-corrected chi connectivity index (χ0v) is 14.5. The molecule has 0 bridgehead atoms. The molecule has 1 heterocycles. The van der Waals surface area contributed by atoms with E-state index in [1.165, 1.54) is 0 Å². The molecule has 0 aromatic rings. The molecule has 6 heteroatoms. The summed E-state index contributed by atoms with van der Waals surface area (Å²) in [6.07, 6.45) is 3.15. The molecule has 0 aromatic heterocycles. The lowest BCUT2D eigenvalue weighted by Crippen LogP contribution is -2.40. The Morgan fingerprint density at radius 1 is 1.10 bits per heavy atom. The van der Waals surface area contributed by atoms with E-state index in [1.807, 2.05) is 11.8 Å². The minimum absolute atomic E-state index is 0.0959. The molecule has 0 saturated carbocycles. The fraction of sp³-hybridized carbons (Fsp3) is 0.933. The first-order valence-electron chi connectivity index (χ1n) is 8.15. The number of hydrogen-bond donors (Lipinski definition) is 0. The van der Waals surface area contributed by atoms with Crippen molar-refractivity contribution in [1.82, 2.24) is 9.80 Å². The number of sulfone groups is 1. The summed E-state index contributed by atoms with van der Waals surface area (Å²) in [4.78, 5) is 16.3. The maximum Gasteiger partial charge on any atom is 0.223 e. The smallest absolute Gasteiger partial charge is 0.223 e. The molecule has 1 fully saturated rings. The van der Waals surface area contributed by atoms with Gasteiger partial charge in [0.15, 0.2) is 9.84 Å². The summed E-state index contributed by atoms with van der Waals surface area (Å²) in [5.74, 6) is 0.737. The summed E-state index contributed by atoms with van der Waals surface area (Å²) in [5.41, 5.74) is 0. The van der Waals surface area contributed by atoms with Crippen molar-refractivity contribution in [2.75, 3.05) is 37.7 Å². The van der Waals surface area contributed by atoms with E-state index >= 15 is 0 Å². The number of carbonyl (C=O) groups excluding carboxylic acids is 1. The van der Waals surface area contributed by atoms with Crippen LogP contribution in [-0.2, 0) is 14.6 Å². The van der Waals surface area contributed by atoms with Crippen molar-refractivity contribution in [3.8, 4) is 0 Å². The molecule has 124 valence electrons. The highest BCUT2D eigenvalue weighted by atomic mass is 32.2. The van der Waals surface area contributed by atoms with Gasteiger partial charge in [0.2, 0.25) is 5.91 Å². The van der Waals surface area contributed by atoms with Crippen molar-refractivity contribution in [3.63, 3.8) is 0 Å². The van der Waals surface area contributed by atoms with E-state index in [1.54, 1.807) is 0 Å². The van der Waals surface area contributed by atoms with E-state index in [2.05, 4.69) is 18.7 Å². The maximum absolute atomic E-state index is 12.3. The van der Waals surface area contributed by atoms with Gasteiger partial charge >= 0.3 is 0 Å². The molecule has 0 radical (unpaired) electrons. The molecule has 0 spiro atoms. The van der Waals surface area contributed by atoms with Crippen LogP contribution in [0.5, 0.6) is 0 Å². The van der Waals surface area contributed by atoms with Crippen LogP contribution in [0.4, 0.5) is 0 Å². The van der Waals surface area contributed by atoms with Gasteiger partial charge in [-0.05, 0) is 25.8 Å². The van der Waals surface area contributed by atoms with Gasteiger partial charge < -0.3 is 4.90 Å². The number of carbonyl (C=O) groups is 1. The molecule has 1 unspecified atom stereocenters. The van der Waals surface area contributed by atoms with E-state index in [-0.39, 0.29) is 17.7 Å². The molecule has 0 N–H and O–H groups in total. The third-order valence-corrected chi connectivity index (χ3v) is 5.83. The van der Waals surface area contributed by atoms with Gasteiger partial charge in [0.25, 0.3) is 0 Å². The number of amides is 1. The number of hydrogen-bond acceptors (Lipinski definition) is 4. The summed E-state index contributed by atoms with van der Waals surface area (Å²) in [6.45, 7) is 9.29. The van der Waals surface area contributed by atoms with Crippen LogP contribution >= 0.6 is 0 Å². The van der Waals surface area contributed by atoms with Gasteiger partial charge in [0.1, 0.15) is 0 Å². The molecule has 1 atom stereocenters. The van der Waals surface area contributed by atoms with Crippen LogP contribution in [0.1, 0.15) is 46.5 Å². The first-order valence-corrected chi connectivity index (χ1v) is 9.97. The largest absolute Gasteiger partial charge is 0.343 e. The summed E-state index contributed by atoms with van der Waals surface area (Å²) >= 11 is 0. The first-order chi connectivity index (χ1) is 9.93. The standard InChI is InChI=1S/C15H30N2O3S/c1-4-9-17(10-5-2)15(18)7-11-16(6-3)14-8-12-21(19,20)13-14/h14H,4-13H2,1-3H3. The second kappa shape index (κ2) is 8.73. The molecule has 0 aliphatic carbocycles. The Labute approximate surface area is 129 Å². The van der Waals surface area contributed by atoms with Crippen molar-refractivity contribution in [3.05, 3.63) is 0 Å². The minimum Gasteiger partial charge on any atom is -0.343 e. The zero-order chi connectivity index (χ0) is 15.9. The molecular weight excluding hydrogens is 288 g/mol. The topological polar surface area (TPSA) is 57.7 Å². The van der Waals surface area contributed by atoms with Gasteiger partial charge in [0, 0.05) is 32.1 Å². The predicted molar refractivity (Wildman–Crippen MR) is 86.1 cm³/mol. The van der Waals surface area contributed by atoms with Crippen LogP contribution in [0.3, 0.4) is 0 Å². The van der Waals surface area contributed by atoms with Crippen LogP contribution < -0.4 is 0 Å². The molecular formula is C15H30N2O3S. The average Bonchev–Trinajstić information content (AvgIpc) is 2.79. The van der Waals surface area contributed by atoms with E-state index in [9.17, 15) is 13.2 Å². The predicted octanol–water partition coefficient (Wildman–Crippen LogP) is 1.53. The Morgan fingerprint density at radius 2 is 1.71 bits per heavy atom. The Balaban J connectivity index is 2.49. The van der Waals surface area contributed by atoms with Crippen molar-refractivity contribution in [2.24, 2.45) is 0 Å². The van der Waals surface area contributed by atoms with Gasteiger partial charge in [-0.3, -0.25) is 9.69 Å². The van der Waals surface area contributed by atoms with Gasteiger partial charge in [-0.2, -0.15) is 0 Å². The monoisotopic (exact) mass is 318 g/mol. The summed E-state index contributed by atoms with van der Waals surface area (Å²) in [7, 11) is -2.86. The van der Waals surface area contributed by atoms with E-state index in [4.69, 9.17) is 0 Å². The van der Waals surface area contributed by atoms with Crippen LogP contribution in [-0.4, -0.2) is 67.9 Å². The third kappa shape index (κ3) is 5.94. The Bertz CT molecular complexity index is 417. The second-order valence-electron chi connectivity index (χ2n) is 5.82. The minimum atomic E-state index is -2.86. The number of nitrogens with zero attached hydrogens (tertiary/aromatic N) is 2. The molecule has 0 aromatic carbocycles. The van der Waals surface area contributed by atoms with Crippen molar-refractivity contribution in [1.29, 1.82) is 0 Å².